The van der Waals surface area contributed by atoms with Crippen LogP contribution < -0.4 is 5.73 Å². The van der Waals surface area contributed by atoms with Crippen LogP contribution in [0.2, 0.25) is 0 Å². The molecule has 1 atom stereocenters. The zero-order chi connectivity index (χ0) is 11.3. The largest absolute Gasteiger partial charge is 0.464 e. The van der Waals surface area contributed by atoms with Gasteiger partial charge in [0.2, 0.25) is 0 Å². The molecule has 1 aromatic rings. The minimum absolute atomic E-state index is 0. The first kappa shape index (κ1) is 14.9. The Hall–Kier alpha value is -1.06. The highest BCUT2D eigenvalue weighted by Gasteiger charge is 2.35. The van der Waals surface area contributed by atoms with E-state index in [-0.39, 0.29) is 18.4 Å². The summed E-state index contributed by atoms with van der Waals surface area (Å²) in [6, 6.07) is 9.32. The van der Waals surface area contributed by atoms with Crippen LogP contribution in [0.15, 0.2) is 30.3 Å². The van der Waals surface area contributed by atoms with Gasteiger partial charge < -0.3 is 10.5 Å². The van der Waals surface area contributed by atoms with Gasteiger partial charge in [-0.25, -0.2) is 4.79 Å². The van der Waals surface area contributed by atoms with Gasteiger partial charge >= 0.3 is 5.97 Å². The first-order valence-electron chi connectivity index (χ1n) is 5.16. The number of esters is 1. The van der Waals surface area contributed by atoms with Crippen molar-refractivity contribution in [3.63, 3.8) is 0 Å². The standard InChI is InChI=1S/C12H17NO2.ClH/c1-3-12(13,11(14)15-4-2)10-8-6-5-7-9-10;/h5-9H,3-4,13H2,1-2H3;1H. The van der Waals surface area contributed by atoms with E-state index in [1.165, 1.54) is 0 Å². The van der Waals surface area contributed by atoms with E-state index >= 15 is 0 Å². The third kappa shape index (κ3) is 2.97. The molecule has 0 aliphatic carbocycles. The van der Waals surface area contributed by atoms with Crippen molar-refractivity contribution in [1.29, 1.82) is 0 Å². The van der Waals surface area contributed by atoms with Crippen molar-refractivity contribution < 1.29 is 9.53 Å². The van der Waals surface area contributed by atoms with Gasteiger partial charge in [-0.05, 0) is 18.9 Å². The van der Waals surface area contributed by atoms with Gasteiger partial charge in [0, 0.05) is 0 Å². The summed E-state index contributed by atoms with van der Waals surface area (Å²) in [5.41, 5.74) is 5.85. The molecule has 1 aromatic carbocycles. The third-order valence-electron chi connectivity index (χ3n) is 2.49. The summed E-state index contributed by atoms with van der Waals surface area (Å²) >= 11 is 0. The minimum atomic E-state index is -1.02. The second-order valence-corrected chi connectivity index (χ2v) is 3.41. The molecule has 16 heavy (non-hydrogen) atoms. The maximum atomic E-state index is 11.7. The molecule has 0 aromatic heterocycles. The van der Waals surface area contributed by atoms with E-state index in [9.17, 15) is 4.79 Å². The second-order valence-electron chi connectivity index (χ2n) is 3.41. The zero-order valence-electron chi connectivity index (χ0n) is 9.60. The zero-order valence-corrected chi connectivity index (χ0v) is 10.4. The summed E-state index contributed by atoms with van der Waals surface area (Å²) in [6.07, 6.45) is 0.524. The van der Waals surface area contributed by atoms with E-state index in [4.69, 9.17) is 10.5 Å². The van der Waals surface area contributed by atoms with Crippen molar-refractivity contribution in [2.45, 2.75) is 25.8 Å². The van der Waals surface area contributed by atoms with Crippen LogP contribution in [0.1, 0.15) is 25.8 Å². The number of halogens is 1. The Kier molecular flexibility index (Phi) is 6.08. The quantitative estimate of drug-likeness (QED) is 0.826. The summed E-state index contributed by atoms with van der Waals surface area (Å²) in [5, 5.41) is 0. The van der Waals surface area contributed by atoms with E-state index in [1.807, 2.05) is 37.3 Å². The van der Waals surface area contributed by atoms with Gasteiger partial charge in [-0.2, -0.15) is 0 Å². The van der Waals surface area contributed by atoms with E-state index in [0.29, 0.717) is 13.0 Å². The van der Waals surface area contributed by atoms with Crippen molar-refractivity contribution >= 4 is 18.4 Å². The molecule has 0 aliphatic heterocycles. The van der Waals surface area contributed by atoms with Gasteiger partial charge in [-0.15, -0.1) is 12.4 Å². The van der Waals surface area contributed by atoms with E-state index in [0.717, 1.165) is 5.56 Å². The molecule has 0 spiro atoms. The number of hydrogen-bond acceptors (Lipinski definition) is 3. The number of hydrogen-bond donors (Lipinski definition) is 1. The lowest BCUT2D eigenvalue weighted by atomic mass is 9.88. The van der Waals surface area contributed by atoms with Crippen LogP contribution in [-0.2, 0) is 15.1 Å². The van der Waals surface area contributed by atoms with Crippen LogP contribution in [-0.4, -0.2) is 12.6 Å². The predicted octanol–water partition coefficient (Wildman–Crippen LogP) is 2.24. The van der Waals surface area contributed by atoms with Gasteiger partial charge in [-0.1, -0.05) is 37.3 Å². The maximum Gasteiger partial charge on any atom is 0.330 e. The van der Waals surface area contributed by atoms with Crippen LogP contribution >= 0.6 is 12.4 Å². The molecule has 0 saturated heterocycles. The Morgan fingerprint density at radius 1 is 1.31 bits per heavy atom. The SMILES string of the molecule is CCOC(=O)C(N)(CC)c1ccccc1.Cl. The Labute approximate surface area is 102 Å². The molecule has 0 bridgehead atoms. The molecule has 1 unspecified atom stereocenters. The van der Waals surface area contributed by atoms with Crippen molar-refractivity contribution in [1.82, 2.24) is 0 Å². The Morgan fingerprint density at radius 2 is 1.88 bits per heavy atom. The monoisotopic (exact) mass is 243 g/mol. The highest BCUT2D eigenvalue weighted by Crippen LogP contribution is 2.23. The highest BCUT2D eigenvalue weighted by atomic mass is 35.5. The Balaban J connectivity index is 0.00000225. The molecule has 3 nitrogen and oxygen atoms in total. The van der Waals surface area contributed by atoms with Crippen molar-refractivity contribution in [3.8, 4) is 0 Å². The van der Waals surface area contributed by atoms with Crippen LogP contribution in [0.3, 0.4) is 0 Å². The molecular formula is C12H18ClNO2. The molecule has 90 valence electrons. The van der Waals surface area contributed by atoms with Crippen LogP contribution in [0.4, 0.5) is 0 Å². The summed E-state index contributed by atoms with van der Waals surface area (Å²) in [4.78, 5) is 11.7. The number of nitrogens with two attached hydrogens (primary N) is 1. The van der Waals surface area contributed by atoms with Gasteiger partial charge in [0.1, 0.15) is 5.54 Å². The number of carbonyl (C=O) groups excluding carboxylic acids is 1. The normalized spacial score (nSPS) is 13.4. The smallest absolute Gasteiger partial charge is 0.330 e. The molecule has 0 aliphatic rings. The third-order valence-corrected chi connectivity index (χ3v) is 2.49. The van der Waals surface area contributed by atoms with Gasteiger partial charge in [0.25, 0.3) is 0 Å². The van der Waals surface area contributed by atoms with Gasteiger partial charge in [0.15, 0.2) is 0 Å². The van der Waals surface area contributed by atoms with E-state index < -0.39 is 5.54 Å². The molecule has 0 fully saturated rings. The summed E-state index contributed by atoms with van der Waals surface area (Å²) in [6.45, 7) is 4.01. The fourth-order valence-corrected chi connectivity index (χ4v) is 1.46. The molecule has 1 rings (SSSR count). The van der Waals surface area contributed by atoms with Gasteiger partial charge in [-0.3, -0.25) is 0 Å². The number of benzene rings is 1. The van der Waals surface area contributed by atoms with Gasteiger partial charge in [0.05, 0.1) is 6.61 Å². The summed E-state index contributed by atoms with van der Waals surface area (Å²) in [7, 11) is 0. The lowest BCUT2D eigenvalue weighted by Gasteiger charge is -2.25. The molecule has 4 heteroatoms. The molecule has 0 amide bonds. The fourth-order valence-electron chi connectivity index (χ4n) is 1.46. The average Bonchev–Trinajstić information content (AvgIpc) is 2.29. The van der Waals surface area contributed by atoms with E-state index in [1.54, 1.807) is 6.92 Å². The molecule has 0 heterocycles. The van der Waals surface area contributed by atoms with Crippen molar-refractivity contribution in [2.24, 2.45) is 5.73 Å². The predicted molar refractivity (Wildman–Crippen MR) is 66.5 cm³/mol. The first-order chi connectivity index (χ1) is 7.15. The molecule has 0 saturated carbocycles. The molecule has 0 radical (unpaired) electrons. The average molecular weight is 244 g/mol. The van der Waals surface area contributed by atoms with Crippen molar-refractivity contribution in [3.05, 3.63) is 35.9 Å². The van der Waals surface area contributed by atoms with Crippen LogP contribution in [0.5, 0.6) is 0 Å². The maximum absolute atomic E-state index is 11.7. The lowest BCUT2D eigenvalue weighted by molar-refractivity contribution is -0.150. The summed E-state index contributed by atoms with van der Waals surface area (Å²) in [5.74, 6) is -0.362. The van der Waals surface area contributed by atoms with Crippen LogP contribution in [0, 0.1) is 0 Å². The Morgan fingerprint density at radius 3 is 2.31 bits per heavy atom. The van der Waals surface area contributed by atoms with Crippen LogP contribution in [0.25, 0.3) is 0 Å². The summed E-state index contributed by atoms with van der Waals surface area (Å²) < 4.78 is 4.99. The van der Waals surface area contributed by atoms with Crippen molar-refractivity contribution in [2.75, 3.05) is 6.61 Å². The first-order valence-corrected chi connectivity index (χ1v) is 5.16. The fraction of sp³-hybridized carbons (Fsp3) is 0.417. The minimum Gasteiger partial charge on any atom is -0.464 e. The number of rotatable bonds is 4. The molecule has 2 N–H and O–H groups in total. The Bertz CT molecular complexity index is 329. The number of ether oxygens (including phenoxy) is 1. The topological polar surface area (TPSA) is 52.3 Å². The highest BCUT2D eigenvalue weighted by molar-refractivity contribution is 5.85. The second kappa shape index (κ2) is 6.51. The lowest BCUT2D eigenvalue weighted by Crippen LogP contribution is -2.45. The van der Waals surface area contributed by atoms with E-state index in [2.05, 4.69) is 0 Å². The number of carbonyl (C=O) groups is 1. The molecular weight excluding hydrogens is 226 g/mol.